The van der Waals surface area contributed by atoms with E-state index in [9.17, 15) is 22.8 Å². The van der Waals surface area contributed by atoms with E-state index >= 15 is 0 Å². The molecule has 0 saturated heterocycles. The van der Waals surface area contributed by atoms with Crippen LogP contribution in [0.5, 0.6) is 5.75 Å². The van der Waals surface area contributed by atoms with Gasteiger partial charge < -0.3 is 9.30 Å². The first-order valence-corrected chi connectivity index (χ1v) is 10.1. The van der Waals surface area contributed by atoms with E-state index in [1.165, 1.54) is 35.6 Å². The fourth-order valence-corrected chi connectivity index (χ4v) is 4.70. The van der Waals surface area contributed by atoms with E-state index in [0.29, 0.717) is 34.8 Å². The van der Waals surface area contributed by atoms with Crippen molar-refractivity contribution in [2.75, 3.05) is 0 Å². The Kier molecular flexibility index (Phi) is 5.23. The Balaban J connectivity index is 1.50. The predicted molar refractivity (Wildman–Crippen MR) is 105 cm³/mol. The minimum atomic E-state index is -4.74. The summed E-state index contributed by atoms with van der Waals surface area (Å²) in [5, 5.41) is 0.633. The van der Waals surface area contributed by atoms with Gasteiger partial charge in [-0.2, -0.15) is 0 Å². The number of benzene rings is 1. The number of carbonyl (C=O) groups excluding carboxylic acids is 2. The van der Waals surface area contributed by atoms with Crippen molar-refractivity contribution in [3.63, 3.8) is 0 Å². The molecule has 1 atom stereocenters. The van der Waals surface area contributed by atoms with Crippen LogP contribution in [0.15, 0.2) is 42.6 Å². The summed E-state index contributed by atoms with van der Waals surface area (Å²) >= 11 is 1.34. The highest BCUT2D eigenvalue weighted by atomic mass is 32.1. The summed E-state index contributed by atoms with van der Waals surface area (Å²) in [6.07, 6.45) is -2.04. The van der Waals surface area contributed by atoms with Gasteiger partial charge in [0.1, 0.15) is 10.8 Å². The zero-order valence-electron chi connectivity index (χ0n) is 15.9. The molecule has 1 unspecified atom stereocenters. The maximum absolute atomic E-state index is 12.9. The zero-order valence-corrected chi connectivity index (χ0v) is 16.7. The van der Waals surface area contributed by atoms with E-state index in [-0.39, 0.29) is 29.8 Å². The summed E-state index contributed by atoms with van der Waals surface area (Å²) in [6.45, 7) is 1.79. The van der Waals surface area contributed by atoms with Gasteiger partial charge in [-0.3, -0.25) is 9.59 Å². The molecule has 0 fully saturated rings. The molecule has 9 heteroatoms. The fraction of sp³-hybridized carbons (Fsp3) is 0.286. The van der Waals surface area contributed by atoms with E-state index in [2.05, 4.69) is 9.72 Å². The summed E-state index contributed by atoms with van der Waals surface area (Å²) in [5.41, 5.74) is 1.96. The SMILES string of the molecule is Cc1nc(CC(=O)C2CCC(=O)c3cccn32)sc1-c1ccc(OC(F)(F)F)cc1. The minimum Gasteiger partial charge on any atom is -0.406 e. The quantitative estimate of drug-likeness (QED) is 0.557. The highest BCUT2D eigenvalue weighted by Gasteiger charge is 2.31. The molecule has 0 aliphatic carbocycles. The number of fused-ring (bicyclic) bond motifs is 1. The lowest BCUT2D eigenvalue weighted by Crippen LogP contribution is -2.28. The maximum Gasteiger partial charge on any atom is 0.573 e. The number of carbonyl (C=O) groups is 2. The van der Waals surface area contributed by atoms with Crippen LogP contribution in [-0.2, 0) is 11.2 Å². The molecular formula is C21H17F3N2O3S. The van der Waals surface area contributed by atoms with Crippen LogP contribution in [0.3, 0.4) is 0 Å². The summed E-state index contributed by atoms with van der Waals surface area (Å²) in [5.74, 6) is -0.276. The molecule has 2 aromatic heterocycles. The molecule has 0 N–H and O–H groups in total. The third-order valence-corrected chi connectivity index (χ3v) is 6.14. The molecule has 0 radical (unpaired) electrons. The third kappa shape index (κ3) is 4.16. The summed E-state index contributed by atoms with van der Waals surface area (Å²) in [4.78, 5) is 30.1. The van der Waals surface area contributed by atoms with Gasteiger partial charge in [0.15, 0.2) is 11.6 Å². The Hall–Kier alpha value is -2.94. The summed E-state index contributed by atoms with van der Waals surface area (Å²) in [6, 6.07) is 8.66. The van der Waals surface area contributed by atoms with E-state index in [0.717, 1.165) is 4.88 Å². The second-order valence-electron chi connectivity index (χ2n) is 7.02. The molecule has 1 aromatic carbocycles. The normalized spacial score (nSPS) is 16.4. The smallest absolute Gasteiger partial charge is 0.406 e. The molecule has 1 aliphatic rings. The van der Waals surface area contributed by atoms with E-state index in [1.807, 2.05) is 0 Å². The average Bonchev–Trinajstić information content (AvgIpc) is 3.29. The average molecular weight is 434 g/mol. The first-order valence-electron chi connectivity index (χ1n) is 9.26. The van der Waals surface area contributed by atoms with Crippen LogP contribution >= 0.6 is 11.3 Å². The van der Waals surface area contributed by atoms with Crippen molar-refractivity contribution in [1.29, 1.82) is 0 Å². The van der Waals surface area contributed by atoms with Crippen molar-refractivity contribution in [3.05, 3.63) is 59.0 Å². The second kappa shape index (κ2) is 7.71. The van der Waals surface area contributed by atoms with E-state index in [1.54, 1.807) is 29.8 Å². The number of hydrogen-bond acceptors (Lipinski definition) is 5. The molecule has 0 amide bonds. The molecule has 5 nitrogen and oxygen atoms in total. The second-order valence-corrected chi connectivity index (χ2v) is 8.10. The lowest BCUT2D eigenvalue weighted by atomic mass is 9.97. The first kappa shape index (κ1) is 20.3. The number of halogens is 3. The van der Waals surface area contributed by atoms with Crippen molar-refractivity contribution in [3.8, 4) is 16.2 Å². The van der Waals surface area contributed by atoms with Crippen molar-refractivity contribution in [1.82, 2.24) is 9.55 Å². The number of aryl methyl sites for hydroxylation is 1. The molecule has 0 bridgehead atoms. The van der Waals surface area contributed by atoms with Crippen LogP contribution in [0.25, 0.3) is 10.4 Å². The van der Waals surface area contributed by atoms with Crippen molar-refractivity contribution in [2.24, 2.45) is 0 Å². The number of aromatic nitrogens is 2. The number of ether oxygens (including phenoxy) is 1. The van der Waals surface area contributed by atoms with Crippen LogP contribution in [0, 0.1) is 6.92 Å². The number of ketones is 2. The van der Waals surface area contributed by atoms with Crippen LogP contribution in [0.1, 0.15) is 40.1 Å². The van der Waals surface area contributed by atoms with Gasteiger partial charge >= 0.3 is 6.36 Å². The van der Waals surface area contributed by atoms with Crippen LogP contribution in [0.2, 0.25) is 0 Å². The lowest BCUT2D eigenvalue weighted by Gasteiger charge is -2.24. The number of alkyl halides is 3. The molecular weight excluding hydrogens is 417 g/mol. The monoisotopic (exact) mass is 434 g/mol. The van der Waals surface area contributed by atoms with E-state index in [4.69, 9.17) is 0 Å². The van der Waals surface area contributed by atoms with Gasteiger partial charge in [0.25, 0.3) is 0 Å². The van der Waals surface area contributed by atoms with Crippen molar-refractivity contribution >= 4 is 22.9 Å². The van der Waals surface area contributed by atoms with Gasteiger partial charge in [-0.05, 0) is 55.3 Å². The van der Waals surface area contributed by atoms with Gasteiger partial charge in [0, 0.05) is 12.6 Å². The number of rotatable bonds is 5. The Morgan fingerprint density at radius 1 is 1.27 bits per heavy atom. The van der Waals surface area contributed by atoms with Crippen LogP contribution < -0.4 is 4.74 Å². The van der Waals surface area contributed by atoms with Gasteiger partial charge in [-0.25, -0.2) is 4.98 Å². The maximum atomic E-state index is 12.9. The fourth-order valence-electron chi connectivity index (χ4n) is 3.62. The minimum absolute atomic E-state index is 0.0193. The number of Topliss-reactive ketones (excluding diaryl/α,β-unsaturated/α-hetero) is 2. The van der Waals surface area contributed by atoms with Gasteiger partial charge in [-0.1, -0.05) is 0 Å². The topological polar surface area (TPSA) is 61.2 Å². The third-order valence-electron chi connectivity index (χ3n) is 4.93. The molecule has 1 aliphatic heterocycles. The summed E-state index contributed by atoms with van der Waals surface area (Å²) < 4.78 is 42.6. The van der Waals surface area contributed by atoms with Crippen molar-refractivity contribution < 1.29 is 27.5 Å². The molecule has 0 spiro atoms. The van der Waals surface area contributed by atoms with Crippen LogP contribution in [0.4, 0.5) is 13.2 Å². The van der Waals surface area contributed by atoms with Crippen molar-refractivity contribution in [2.45, 2.75) is 38.6 Å². The molecule has 30 heavy (non-hydrogen) atoms. The van der Waals surface area contributed by atoms with Crippen LogP contribution in [-0.4, -0.2) is 27.5 Å². The standard InChI is InChI=1S/C21H17F3N2O3S/c1-12-20(13-4-6-14(7-5-13)29-21(22,23)24)30-19(25-12)11-18(28)16-8-9-17(27)15-3-2-10-26(15)16/h2-7,10,16H,8-9,11H2,1H3. The highest BCUT2D eigenvalue weighted by molar-refractivity contribution is 7.15. The molecule has 3 heterocycles. The lowest BCUT2D eigenvalue weighted by molar-refractivity contribution is -0.274. The molecule has 0 saturated carbocycles. The van der Waals surface area contributed by atoms with Gasteiger partial charge in [0.2, 0.25) is 0 Å². The molecule has 156 valence electrons. The number of thiazole rings is 1. The highest BCUT2D eigenvalue weighted by Crippen LogP contribution is 2.34. The first-order chi connectivity index (χ1) is 14.2. The molecule has 3 aromatic rings. The predicted octanol–water partition coefficient (Wildman–Crippen LogP) is 5.15. The number of hydrogen-bond donors (Lipinski definition) is 0. The van der Waals surface area contributed by atoms with Gasteiger partial charge in [-0.15, -0.1) is 24.5 Å². The van der Waals surface area contributed by atoms with Gasteiger partial charge in [0.05, 0.1) is 28.7 Å². The number of nitrogens with zero attached hydrogens (tertiary/aromatic N) is 2. The Morgan fingerprint density at radius 3 is 2.70 bits per heavy atom. The molecule has 4 rings (SSSR count). The summed E-state index contributed by atoms with van der Waals surface area (Å²) in [7, 11) is 0. The van der Waals surface area contributed by atoms with E-state index < -0.39 is 6.36 Å². The Morgan fingerprint density at radius 2 is 2.00 bits per heavy atom. The zero-order chi connectivity index (χ0) is 21.5. The Bertz CT molecular complexity index is 1100. The Labute approximate surface area is 174 Å². The largest absolute Gasteiger partial charge is 0.573 e.